The lowest BCUT2D eigenvalue weighted by molar-refractivity contribution is -0.147. The number of methoxy groups -OCH3 is 2. The molecule has 0 aromatic heterocycles. The quantitative estimate of drug-likeness (QED) is 0.558. The van der Waals surface area contributed by atoms with Gasteiger partial charge in [-0.15, -0.1) is 0 Å². The van der Waals surface area contributed by atoms with Gasteiger partial charge in [0.1, 0.15) is 18.5 Å². The van der Waals surface area contributed by atoms with E-state index in [0.29, 0.717) is 5.56 Å². The van der Waals surface area contributed by atoms with Gasteiger partial charge in [-0.2, -0.15) is 0 Å². The second-order valence-corrected chi connectivity index (χ2v) is 4.47. The summed E-state index contributed by atoms with van der Waals surface area (Å²) in [5.41, 5.74) is 0.556. The van der Waals surface area contributed by atoms with Crippen molar-refractivity contribution >= 4 is 18.1 Å². The molecule has 0 aliphatic heterocycles. The van der Waals surface area contributed by atoms with Crippen molar-refractivity contribution in [3.05, 3.63) is 35.6 Å². The molecule has 0 amide bonds. The average Bonchev–Trinajstić information content (AvgIpc) is 2.53. The average molecular weight is 328 g/mol. The molecule has 1 rings (SSSR count). The van der Waals surface area contributed by atoms with Crippen LogP contribution in [0.25, 0.3) is 0 Å². The maximum absolute atomic E-state index is 12.7. The summed E-state index contributed by atoms with van der Waals surface area (Å²) in [6.07, 6.45) is -2.74. The maximum Gasteiger partial charge on any atom is 0.508 e. The third kappa shape index (κ3) is 7.25. The van der Waals surface area contributed by atoms with Crippen LogP contribution >= 0.6 is 0 Å². The first kappa shape index (κ1) is 18.4. The van der Waals surface area contributed by atoms with Crippen LogP contribution in [0.15, 0.2) is 24.3 Å². The zero-order valence-electron chi connectivity index (χ0n) is 12.7. The fraction of sp³-hybridized carbons (Fsp3) is 0.400. The number of hydrogen-bond acceptors (Lipinski definition) is 7. The number of halogens is 1. The van der Waals surface area contributed by atoms with Gasteiger partial charge in [0, 0.05) is 0 Å². The number of carbonyl (C=O) groups is 3. The molecule has 0 heterocycles. The Labute approximate surface area is 132 Å². The molecule has 23 heavy (non-hydrogen) atoms. The molecule has 0 saturated carbocycles. The topological polar surface area (TPSA) is 88.1 Å². The zero-order valence-corrected chi connectivity index (χ0v) is 12.7. The van der Waals surface area contributed by atoms with Gasteiger partial charge in [0.15, 0.2) is 0 Å². The Balaban J connectivity index is 2.52. The van der Waals surface area contributed by atoms with E-state index in [1.165, 1.54) is 38.5 Å². The highest BCUT2D eigenvalue weighted by Gasteiger charge is 2.23. The molecule has 0 atom stereocenters. The van der Waals surface area contributed by atoms with Crippen LogP contribution in [-0.4, -0.2) is 38.4 Å². The summed E-state index contributed by atoms with van der Waals surface area (Å²) in [5.74, 6) is -1.71. The lowest BCUT2D eigenvalue weighted by Gasteiger charge is -2.15. The van der Waals surface area contributed by atoms with Crippen LogP contribution in [0, 0.1) is 5.82 Å². The van der Waals surface area contributed by atoms with E-state index in [0.717, 1.165) is 0 Å². The highest BCUT2D eigenvalue weighted by Crippen LogP contribution is 2.10. The molecule has 0 aliphatic rings. The first-order valence-corrected chi connectivity index (χ1v) is 6.66. The Bertz CT molecular complexity index is 523. The van der Waals surface area contributed by atoms with Crippen LogP contribution in [0.1, 0.15) is 18.4 Å². The highest BCUT2D eigenvalue weighted by molar-refractivity contribution is 5.74. The fourth-order valence-electron chi connectivity index (χ4n) is 1.59. The summed E-state index contributed by atoms with van der Waals surface area (Å²) >= 11 is 0. The fourth-order valence-corrected chi connectivity index (χ4v) is 1.59. The molecule has 0 spiro atoms. The van der Waals surface area contributed by atoms with Crippen molar-refractivity contribution in [2.75, 3.05) is 14.2 Å². The van der Waals surface area contributed by atoms with E-state index in [1.54, 1.807) is 0 Å². The lowest BCUT2D eigenvalue weighted by atomic mass is 10.2. The predicted molar refractivity (Wildman–Crippen MR) is 74.7 cm³/mol. The van der Waals surface area contributed by atoms with Crippen molar-refractivity contribution in [1.82, 2.24) is 0 Å². The Morgan fingerprint density at radius 3 is 2.00 bits per heavy atom. The zero-order chi connectivity index (χ0) is 17.2. The standard InChI is InChI=1S/C15H17FO7/c1-20-13(17)7-12(8-14(18)21-2)23-15(19)22-9-10-3-5-11(16)6-4-10/h3-6,12H,7-9H2,1-2H3. The summed E-state index contributed by atoms with van der Waals surface area (Å²) in [7, 11) is 2.34. The molecule has 0 unspecified atom stereocenters. The Morgan fingerprint density at radius 1 is 1.00 bits per heavy atom. The molecule has 0 radical (unpaired) electrons. The number of esters is 2. The summed E-state index contributed by atoms with van der Waals surface area (Å²) in [4.78, 5) is 34.1. The first-order chi connectivity index (χ1) is 10.9. The van der Waals surface area contributed by atoms with E-state index in [-0.39, 0.29) is 19.4 Å². The number of rotatable bonds is 7. The lowest BCUT2D eigenvalue weighted by Crippen LogP contribution is -2.26. The van der Waals surface area contributed by atoms with Crippen LogP contribution in [0.4, 0.5) is 9.18 Å². The molecule has 7 nitrogen and oxygen atoms in total. The molecule has 1 aromatic rings. The van der Waals surface area contributed by atoms with Gasteiger partial charge < -0.3 is 18.9 Å². The van der Waals surface area contributed by atoms with Gasteiger partial charge in [0.2, 0.25) is 0 Å². The summed E-state index contributed by atoms with van der Waals surface area (Å²) in [6, 6.07) is 5.34. The van der Waals surface area contributed by atoms with E-state index in [2.05, 4.69) is 9.47 Å². The van der Waals surface area contributed by atoms with Crippen LogP contribution in [0.2, 0.25) is 0 Å². The molecule has 0 aliphatic carbocycles. The summed E-state index contributed by atoms with van der Waals surface area (Å²) < 4.78 is 31.4. The Hall–Kier alpha value is -2.64. The molecular formula is C15H17FO7. The molecule has 0 bridgehead atoms. The first-order valence-electron chi connectivity index (χ1n) is 6.66. The van der Waals surface area contributed by atoms with Crippen LogP contribution in [-0.2, 0) is 35.1 Å². The number of hydrogen-bond donors (Lipinski definition) is 0. The number of benzene rings is 1. The van der Waals surface area contributed by atoms with E-state index in [1.807, 2.05) is 0 Å². The van der Waals surface area contributed by atoms with Crippen LogP contribution < -0.4 is 0 Å². The molecule has 0 N–H and O–H groups in total. The molecular weight excluding hydrogens is 311 g/mol. The molecule has 8 heteroatoms. The van der Waals surface area contributed by atoms with Gasteiger partial charge in [-0.05, 0) is 17.7 Å². The summed E-state index contributed by atoms with van der Waals surface area (Å²) in [5, 5.41) is 0. The van der Waals surface area contributed by atoms with Crippen molar-refractivity contribution < 1.29 is 37.7 Å². The van der Waals surface area contributed by atoms with Crippen molar-refractivity contribution in [3.8, 4) is 0 Å². The smallest absolute Gasteiger partial charge is 0.469 e. The normalized spacial score (nSPS) is 10.1. The van der Waals surface area contributed by atoms with E-state index < -0.39 is 30.0 Å². The van der Waals surface area contributed by atoms with E-state index in [9.17, 15) is 18.8 Å². The van der Waals surface area contributed by atoms with Gasteiger partial charge >= 0.3 is 18.1 Å². The highest BCUT2D eigenvalue weighted by atomic mass is 19.1. The van der Waals surface area contributed by atoms with Gasteiger partial charge in [-0.25, -0.2) is 9.18 Å². The van der Waals surface area contributed by atoms with Crippen molar-refractivity contribution in [2.24, 2.45) is 0 Å². The predicted octanol–water partition coefficient (Wildman–Crippen LogP) is 1.97. The third-order valence-corrected chi connectivity index (χ3v) is 2.78. The second-order valence-electron chi connectivity index (χ2n) is 4.47. The molecule has 0 saturated heterocycles. The van der Waals surface area contributed by atoms with Crippen molar-refractivity contribution in [3.63, 3.8) is 0 Å². The number of ether oxygens (including phenoxy) is 4. The van der Waals surface area contributed by atoms with Gasteiger partial charge in [0.05, 0.1) is 27.1 Å². The van der Waals surface area contributed by atoms with Gasteiger partial charge in [-0.3, -0.25) is 9.59 Å². The minimum absolute atomic E-state index is 0.137. The Morgan fingerprint density at radius 2 is 1.52 bits per heavy atom. The van der Waals surface area contributed by atoms with Gasteiger partial charge in [0.25, 0.3) is 0 Å². The number of carbonyl (C=O) groups excluding carboxylic acids is 3. The monoisotopic (exact) mass is 328 g/mol. The largest absolute Gasteiger partial charge is 0.508 e. The third-order valence-electron chi connectivity index (χ3n) is 2.78. The summed E-state index contributed by atoms with van der Waals surface area (Å²) in [6.45, 7) is -0.137. The SMILES string of the molecule is COC(=O)CC(CC(=O)OC)OC(=O)OCc1ccc(F)cc1. The van der Waals surface area contributed by atoms with E-state index in [4.69, 9.17) is 9.47 Å². The second kappa shape index (κ2) is 9.39. The van der Waals surface area contributed by atoms with Crippen molar-refractivity contribution in [1.29, 1.82) is 0 Å². The van der Waals surface area contributed by atoms with Crippen LogP contribution in [0.5, 0.6) is 0 Å². The molecule has 0 fully saturated rings. The minimum Gasteiger partial charge on any atom is -0.469 e. The Kier molecular flexibility index (Phi) is 7.52. The molecule has 126 valence electrons. The molecule has 1 aromatic carbocycles. The van der Waals surface area contributed by atoms with E-state index >= 15 is 0 Å². The minimum atomic E-state index is -1.06. The van der Waals surface area contributed by atoms with Crippen molar-refractivity contribution in [2.45, 2.75) is 25.6 Å². The van der Waals surface area contributed by atoms with Crippen LogP contribution in [0.3, 0.4) is 0 Å². The maximum atomic E-state index is 12.7. The van der Waals surface area contributed by atoms with Gasteiger partial charge in [-0.1, -0.05) is 12.1 Å².